The molecule has 0 unspecified atom stereocenters. The van der Waals surface area contributed by atoms with E-state index in [1.807, 2.05) is 12.1 Å². The van der Waals surface area contributed by atoms with Crippen LogP contribution in [0.2, 0.25) is 0 Å². The number of aryl methyl sites for hydroxylation is 1. The third-order valence-corrected chi connectivity index (χ3v) is 4.72. The van der Waals surface area contributed by atoms with Gasteiger partial charge in [-0.25, -0.2) is 0 Å². The molecule has 2 rings (SSSR count). The van der Waals surface area contributed by atoms with Crippen molar-refractivity contribution in [2.24, 2.45) is 0 Å². The molecule has 0 bridgehead atoms. The first-order chi connectivity index (χ1) is 15.6. The van der Waals surface area contributed by atoms with Crippen LogP contribution < -0.4 is 9.47 Å². The quantitative estimate of drug-likeness (QED) is 0.504. The minimum atomic E-state index is -0.00992. The molecule has 0 amide bonds. The van der Waals surface area contributed by atoms with Gasteiger partial charge in [0.2, 0.25) is 0 Å². The normalized spacial score (nSPS) is 9.81. The van der Waals surface area contributed by atoms with Crippen LogP contribution in [-0.2, 0) is 12.8 Å². The van der Waals surface area contributed by atoms with Crippen LogP contribution in [0.1, 0.15) is 61.8 Å². The van der Waals surface area contributed by atoms with Crippen LogP contribution in [-0.4, -0.2) is 36.6 Å². The Hall–Kier alpha value is -3.06. The van der Waals surface area contributed by atoms with E-state index < -0.39 is 0 Å². The van der Waals surface area contributed by atoms with Gasteiger partial charge in [-0.05, 0) is 61.6 Å². The van der Waals surface area contributed by atoms with Crippen molar-refractivity contribution < 1.29 is 19.7 Å². The molecule has 32 heavy (non-hydrogen) atoms. The molecule has 2 N–H and O–H groups in total. The second kappa shape index (κ2) is 16.6. The van der Waals surface area contributed by atoms with Crippen LogP contribution in [0.4, 0.5) is 0 Å². The molecule has 6 nitrogen and oxygen atoms in total. The molecule has 172 valence electrons. The van der Waals surface area contributed by atoms with Gasteiger partial charge in [0.05, 0.1) is 36.5 Å². The minimum Gasteiger partial charge on any atom is -0.491 e. The van der Waals surface area contributed by atoms with Crippen molar-refractivity contribution in [2.75, 3.05) is 26.4 Å². The van der Waals surface area contributed by atoms with E-state index in [2.05, 4.69) is 26.0 Å². The topological polar surface area (TPSA) is 106 Å². The van der Waals surface area contributed by atoms with Crippen LogP contribution >= 0.6 is 0 Å². The molecule has 0 aliphatic heterocycles. The largest absolute Gasteiger partial charge is 0.491 e. The summed E-state index contributed by atoms with van der Waals surface area (Å²) < 4.78 is 10.8. The molecule has 0 saturated heterocycles. The Morgan fingerprint density at radius 2 is 1.47 bits per heavy atom. The second-order valence-corrected chi connectivity index (χ2v) is 7.18. The number of rotatable bonds is 12. The van der Waals surface area contributed by atoms with Gasteiger partial charge in [0.1, 0.15) is 24.7 Å². The van der Waals surface area contributed by atoms with Crippen LogP contribution in [0.25, 0.3) is 0 Å². The highest BCUT2D eigenvalue weighted by molar-refractivity contribution is 5.46. The molecule has 2 aromatic rings. The highest BCUT2D eigenvalue weighted by atomic mass is 16.5. The number of nitriles is 2. The monoisotopic (exact) mass is 438 g/mol. The van der Waals surface area contributed by atoms with Gasteiger partial charge in [0.15, 0.2) is 0 Å². The first kappa shape index (κ1) is 27.0. The van der Waals surface area contributed by atoms with E-state index in [0.29, 0.717) is 17.7 Å². The summed E-state index contributed by atoms with van der Waals surface area (Å²) in [5, 5.41) is 35.3. The first-order valence-electron chi connectivity index (χ1n) is 11.2. The summed E-state index contributed by atoms with van der Waals surface area (Å²) in [4.78, 5) is 0. The number of nitrogens with zero attached hydrogens (tertiary/aromatic N) is 2. The van der Waals surface area contributed by atoms with Crippen LogP contribution in [0.15, 0.2) is 36.4 Å². The first-order valence-corrected chi connectivity index (χ1v) is 11.2. The Kier molecular flexibility index (Phi) is 14.0. The maximum atomic E-state index is 9.01. The van der Waals surface area contributed by atoms with Gasteiger partial charge in [-0.3, -0.25) is 0 Å². The van der Waals surface area contributed by atoms with Crippen molar-refractivity contribution in [3.8, 4) is 23.6 Å². The fraction of sp³-hybridized carbons (Fsp3) is 0.462. The van der Waals surface area contributed by atoms with Crippen molar-refractivity contribution in [2.45, 2.75) is 52.4 Å². The van der Waals surface area contributed by atoms with E-state index in [4.69, 9.17) is 30.2 Å². The molecule has 0 aliphatic rings. The number of benzene rings is 2. The Labute approximate surface area is 191 Å². The zero-order valence-electron chi connectivity index (χ0n) is 19.1. The molecule has 0 fully saturated rings. The van der Waals surface area contributed by atoms with Gasteiger partial charge in [0.25, 0.3) is 0 Å². The van der Waals surface area contributed by atoms with Crippen molar-refractivity contribution in [1.82, 2.24) is 0 Å². The summed E-state index contributed by atoms with van der Waals surface area (Å²) in [6.07, 6.45) is 6.06. The SMILES string of the molecule is CCCCc1c(C#N)cccc1OCCO.CCCCc1cc(C#N)ccc1OCCO. The summed E-state index contributed by atoms with van der Waals surface area (Å²) >= 11 is 0. The van der Waals surface area contributed by atoms with Crippen molar-refractivity contribution >= 4 is 0 Å². The summed E-state index contributed by atoms with van der Waals surface area (Å²) in [5.41, 5.74) is 3.33. The molecule has 2 aromatic carbocycles. The predicted octanol–water partition coefficient (Wildman–Crippen LogP) is 4.54. The number of aliphatic hydroxyl groups excluding tert-OH is 2. The van der Waals surface area contributed by atoms with E-state index in [9.17, 15) is 0 Å². The maximum absolute atomic E-state index is 9.01. The lowest BCUT2D eigenvalue weighted by atomic mass is 10.0. The lowest BCUT2D eigenvalue weighted by molar-refractivity contribution is 0.200. The maximum Gasteiger partial charge on any atom is 0.123 e. The molecule has 0 aromatic heterocycles. The Morgan fingerprint density at radius 3 is 2.06 bits per heavy atom. The van der Waals surface area contributed by atoms with Crippen LogP contribution in [0.3, 0.4) is 0 Å². The smallest absolute Gasteiger partial charge is 0.123 e. The Morgan fingerprint density at radius 1 is 0.812 bits per heavy atom. The molecule has 0 spiro atoms. The Bertz CT molecular complexity index is 878. The number of ether oxygens (including phenoxy) is 2. The standard InChI is InChI=1S/2C13H17NO2/c1-2-3-6-12-11(10-14)5-4-7-13(12)16-9-8-15;1-2-3-4-12-9-11(10-14)5-6-13(12)16-8-7-15/h4-5,7,15H,2-3,6,8-9H2,1H3;5-6,9,15H,2-4,7-8H2,1H3. The predicted molar refractivity (Wildman–Crippen MR) is 125 cm³/mol. The number of hydrogen-bond acceptors (Lipinski definition) is 6. The van der Waals surface area contributed by atoms with Crippen molar-refractivity contribution in [3.05, 3.63) is 58.7 Å². The zero-order chi connectivity index (χ0) is 23.6. The fourth-order valence-corrected chi connectivity index (χ4v) is 3.08. The summed E-state index contributed by atoms with van der Waals surface area (Å²) in [6, 6.07) is 15.2. The number of hydrogen-bond donors (Lipinski definition) is 2. The van der Waals surface area contributed by atoms with Gasteiger partial charge in [-0.15, -0.1) is 0 Å². The number of aliphatic hydroxyl groups is 2. The lowest BCUT2D eigenvalue weighted by Crippen LogP contribution is -2.05. The van der Waals surface area contributed by atoms with Crippen molar-refractivity contribution in [3.63, 3.8) is 0 Å². The summed E-state index contributed by atoms with van der Waals surface area (Å²) in [7, 11) is 0. The van der Waals surface area contributed by atoms with Gasteiger partial charge in [-0.1, -0.05) is 32.8 Å². The van der Waals surface area contributed by atoms with E-state index in [1.54, 1.807) is 24.3 Å². The molecule has 0 atom stereocenters. The average molecular weight is 439 g/mol. The van der Waals surface area contributed by atoms with Crippen molar-refractivity contribution in [1.29, 1.82) is 10.5 Å². The van der Waals surface area contributed by atoms with Gasteiger partial charge < -0.3 is 19.7 Å². The summed E-state index contributed by atoms with van der Waals surface area (Å²) in [6.45, 7) is 4.81. The third-order valence-electron chi connectivity index (χ3n) is 4.72. The highest BCUT2D eigenvalue weighted by Gasteiger charge is 2.08. The molecule has 0 aliphatic carbocycles. The van der Waals surface area contributed by atoms with Crippen LogP contribution in [0.5, 0.6) is 11.5 Å². The minimum absolute atomic E-state index is 0.00716. The van der Waals surface area contributed by atoms with E-state index in [0.717, 1.165) is 61.2 Å². The average Bonchev–Trinajstić information content (AvgIpc) is 2.84. The van der Waals surface area contributed by atoms with Crippen LogP contribution in [0, 0.1) is 22.7 Å². The third kappa shape index (κ3) is 9.39. The zero-order valence-corrected chi connectivity index (χ0v) is 19.1. The van der Waals surface area contributed by atoms with Gasteiger partial charge >= 0.3 is 0 Å². The number of unbranched alkanes of at least 4 members (excludes halogenated alkanes) is 2. The Balaban J connectivity index is 0.000000320. The summed E-state index contributed by atoms with van der Waals surface area (Å²) in [5.74, 6) is 1.50. The van der Waals surface area contributed by atoms with E-state index in [1.165, 1.54) is 0 Å². The molecule has 6 heteroatoms. The molecular formula is C26H34N2O4. The molecule has 0 saturated carbocycles. The second-order valence-electron chi connectivity index (χ2n) is 7.18. The van der Waals surface area contributed by atoms with Gasteiger partial charge in [-0.2, -0.15) is 10.5 Å². The fourth-order valence-electron chi connectivity index (χ4n) is 3.08. The lowest BCUT2D eigenvalue weighted by Gasteiger charge is -2.11. The molecule has 0 heterocycles. The van der Waals surface area contributed by atoms with E-state index in [-0.39, 0.29) is 19.8 Å². The van der Waals surface area contributed by atoms with Gasteiger partial charge in [0, 0.05) is 5.56 Å². The highest BCUT2D eigenvalue weighted by Crippen LogP contribution is 2.24. The van der Waals surface area contributed by atoms with E-state index >= 15 is 0 Å². The molecular weight excluding hydrogens is 404 g/mol. The molecule has 0 radical (unpaired) electrons.